The first kappa shape index (κ1) is 35.3. The van der Waals surface area contributed by atoms with Crippen LogP contribution < -0.4 is 0 Å². The van der Waals surface area contributed by atoms with E-state index in [9.17, 15) is 0 Å². The Morgan fingerprint density at radius 1 is 0.214 bits per heavy atom. The van der Waals surface area contributed by atoms with Crippen LogP contribution in [-0.4, -0.2) is 98.1 Å². The van der Waals surface area contributed by atoms with Gasteiger partial charge in [-0.1, -0.05) is 83.1 Å². The van der Waals surface area contributed by atoms with E-state index in [-0.39, 0.29) is 0 Å². The van der Waals surface area contributed by atoms with Crippen molar-refractivity contribution in [3.8, 4) is 0 Å². The van der Waals surface area contributed by atoms with E-state index in [4.69, 9.17) is 0 Å². The molecule has 0 aliphatic rings. The molecule has 0 N–H and O–H groups in total. The Hall–Kier alpha value is -0.160. The third kappa shape index (κ3) is 28.1. The van der Waals surface area contributed by atoms with Gasteiger partial charge < -0.3 is 19.6 Å². The lowest BCUT2D eigenvalue weighted by Crippen LogP contribution is -2.21. The molecule has 4 heteroatoms. The van der Waals surface area contributed by atoms with Gasteiger partial charge in [-0.05, 0) is 78.5 Å². The van der Waals surface area contributed by atoms with Crippen molar-refractivity contribution >= 4 is 0 Å². The normalized spacial score (nSPS) is 10.3. The van der Waals surface area contributed by atoms with Crippen molar-refractivity contribution in [1.82, 2.24) is 19.6 Å². The fourth-order valence-electron chi connectivity index (χ4n) is 2.68. The van der Waals surface area contributed by atoms with Gasteiger partial charge in [0.2, 0.25) is 0 Å². The van der Waals surface area contributed by atoms with Crippen molar-refractivity contribution in [2.75, 3.05) is 78.5 Å². The Bertz CT molecular complexity index is 151. The van der Waals surface area contributed by atoms with Crippen molar-refractivity contribution < 1.29 is 0 Å². The van der Waals surface area contributed by atoms with Crippen LogP contribution in [0, 0.1) is 0 Å². The van der Waals surface area contributed by atoms with Crippen LogP contribution in [0.15, 0.2) is 0 Å². The van der Waals surface area contributed by atoms with Crippen LogP contribution in [0.25, 0.3) is 0 Å². The second kappa shape index (κ2) is 31.5. The summed E-state index contributed by atoms with van der Waals surface area (Å²) in [7, 11) is 0. The third-order valence-corrected chi connectivity index (χ3v) is 5.37. The smallest absolute Gasteiger partial charge is 0.00474 e. The molecule has 0 atom stereocenters. The fourth-order valence-corrected chi connectivity index (χ4v) is 2.68. The van der Waals surface area contributed by atoms with Crippen LogP contribution in [0.4, 0.5) is 0 Å². The summed E-state index contributed by atoms with van der Waals surface area (Å²) in [5.74, 6) is 0. The standard InChI is InChI=1S/4C6H15N/c4*1-4-7(5-2)6-3/h4*4-6H2,1-3H3. The number of hydrogen-bond donors (Lipinski definition) is 0. The number of rotatable bonds is 12. The second-order valence-electron chi connectivity index (χ2n) is 6.48. The average molecular weight is 405 g/mol. The molecular weight excluding hydrogens is 344 g/mol. The number of nitrogens with zero attached hydrogens (tertiary/aromatic N) is 4. The molecule has 0 spiro atoms. The van der Waals surface area contributed by atoms with Crippen LogP contribution in [0.3, 0.4) is 0 Å². The Kier molecular flexibility index (Phi) is 39.7. The minimum absolute atomic E-state index is 1.19. The summed E-state index contributed by atoms with van der Waals surface area (Å²) in [5.41, 5.74) is 0. The van der Waals surface area contributed by atoms with Crippen LogP contribution in [0.2, 0.25) is 0 Å². The predicted octanol–water partition coefficient (Wildman–Crippen LogP) is 5.39. The molecule has 0 aliphatic heterocycles. The first-order valence-electron chi connectivity index (χ1n) is 12.3. The first-order chi connectivity index (χ1) is 13.4. The van der Waals surface area contributed by atoms with E-state index >= 15 is 0 Å². The molecular formula is C24H60N4. The molecule has 0 fully saturated rings. The van der Waals surface area contributed by atoms with Crippen LogP contribution in [-0.2, 0) is 0 Å². The van der Waals surface area contributed by atoms with Gasteiger partial charge in [-0.3, -0.25) is 0 Å². The summed E-state index contributed by atoms with van der Waals surface area (Å²) in [4.78, 5) is 9.50. The van der Waals surface area contributed by atoms with E-state index in [1.165, 1.54) is 78.5 Å². The Morgan fingerprint density at radius 3 is 0.286 bits per heavy atom. The molecule has 0 rings (SSSR count). The van der Waals surface area contributed by atoms with Crippen LogP contribution in [0.1, 0.15) is 83.1 Å². The van der Waals surface area contributed by atoms with Gasteiger partial charge in [-0.2, -0.15) is 0 Å². The number of hydrogen-bond acceptors (Lipinski definition) is 4. The van der Waals surface area contributed by atoms with Gasteiger partial charge in [0, 0.05) is 0 Å². The molecule has 0 unspecified atom stereocenters. The summed E-state index contributed by atoms with van der Waals surface area (Å²) in [5, 5.41) is 0. The summed E-state index contributed by atoms with van der Waals surface area (Å²) in [6, 6.07) is 0. The molecule has 176 valence electrons. The minimum Gasteiger partial charge on any atom is -0.304 e. The first-order valence-corrected chi connectivity index (χ1v) is 12.3. The lowest BCUT2D eigenvalue weighted by atomic mass is 10.5. The topological polar surface area (TPSA) is 13.0 Å². The van der Waals surface area contributed by atoms with E-state index in [1.807, 2.05) is 0 Å². The lowest BCUT2D eigenvalue weighted by Gasteiger charge is -2.13. The molecule has 28 heavy (non-hydrogen) atoms. The van der Waals surface area contributed by atoms with E-state index in [0.717, 1.165) is 0 Å². The molecule has 0 radical (unpaired) electrons. The molecule has 0 heterocycles. The molecule has 0 aromatic carbocycles. The predicted molar refractivity (Wildman–Crippen MR) is 134 cm³/mol. The highest BCUT2D eigenvalue weighted by Crippen LogP contribution is 1.83. The lowest BCUT2D eigenvalue weighted by molar-refractivity contribution is 0.321. The SMILES string of the molecule is CCN(CC)CC.CCN(CC)CC.CCN(CC)CC.CCN(CC)CC. The zero-order valence-electron chi connectivity index (χ0n) is 22.3. The van der Waals surface area contributed by atoms with Gasteiger partial charge >= 0.3 is 0 Å². The van der Waals surface area contributed by atoms with E-state index < -0.39 is 0 Å². The van der Waals surface area contributed by atoms with E-state index in [1.54, 1.807) is 0 Å². The maximum atomic E-state index is 2.38. The average Bonchev–Trinajstić information content (AvgIpc) is 2.75. The van der Waals surface area contributed by atoms with Gasteiger partial charge in [-0.15, -0.1) is 0 Å². The summed E-state index contributed by atoms with van der Waals surface area (Å²) in [6.45, 7) is 40.5. The second-order valence-corrected chi connectivity index (χ2v) is 6.48. The highest BCUT2D eigenvalue weighted by atomic mass is 15.1. The highest BCUT2D eigenvalue weighted by molar-refractivity contribution is 4.45. The Balaban J connectivity index is -0.000000137. The van der Waals surface area contributed by atoms with E-state index in [2.05, 4.69) is 103 Å². The molecule has 0 aromatic rings. The van der Waals surface area contributed by atoms with Crippen LogP contribution in [0.5, 0.6) is 0 Å². The molecule has 0 bridgehead atoms. The summed E-state index contributed by atoms with van der Waals surface area (Å²) in [6.07, 6.45) is 0. The monoisotopic (exact) mass is 404 g/mol. The molecule has 0 aliphatic carbocycles. The van der Waals surface area contributed by atoms with Gasteiger partial charge in [-0.25, -0.2) is 0 Å². The van der Waals surface area contributed by atoms with Crippen molar-refractivity contribution in [3.63, 3.8) is 0 Å². The van der Waals surface area contributed by atoms with Gasteiger partial charge in [0.05, 0.1) is 0 Å². The molecule has 0 saturated heterocycles. The van der Waals surface area contributed by atoms with Crippen molar-refractivity contribution in [2.45, 2.75) is 83.1 Å². The maximum Gasteiger partial charge on any atom is -0.00474 e. The molecule has 0 aromatic heterocycles. The highest BCUT2D eigenvalue weighted by Gasteiger charge is 1.91. The Labute approximate surface area is 181 Å². The van der Waals surface area contributed by atoms with Crippen molar-refractivity contribution in [3.05, 3.63) is 0 Å². The zero-order valence-corrected chi connectivity index (χ0v) is 22.3. The maximum absolute atomic E-state index is 2.38. The van der Waals surface area contributed by atoms with Gasteiger partial charge in [0.15, 0.2) is 0 Å². The zero-order chi connectivity index (χ0) is 22.8. The summed E-state index contributed by atoms with van der Waals surface area (Å²) < 4.78 is 0. The largest absolute Gasteiger partial charge is 0.304 e. The summed E-state index contributed by atoms with van der Waals surface area (Å²) >= 11 is 0. The van der Waals surface area contributed by atoms with Crippen molar-refractivity contribution in [1.29, 1.82) is 0 Å². The Morgan fingerprint density at radius 2 is 0.286 bits per heavy atom. The fraction of sp³-hybridized carbons (Fsp3) is 1.00. The minimum atomic E-state index is 1.19. The van der Waals surface area contributed by atoms with Crippen molar-refractivity contribution in [2.24, 2.45) is 0 Å². The molecule has 0 saturated carbocycles. The third-order valence-electron chi connectivity index (χ3n) is 5.37. The van der Waals surface area contributed by atoms with Gasteiger partial charge in [0.1, 0.15) is 0 Å². The van der Waals surface area contributed by atoms with Gasteiger partial charge in [0.25, 0.3) is 0 Å². The van der Waals surface area contributed by atoms with E-state index in [0.29, 0.717) is 0 Å². The molecule has 0 amide bonds. The van der Waals surface area contributed by atoms with Crippen LogP contribution >= 0.6 is 0 Å². The molecule has 4 nitrogen and oxygen atoms in total. The quantitative estimate of drug-likeness (QED) is 0.432.